The summed E-state index contributed by atoms with van der Waals surface area (Å²) in [6.07, 6.45) is 3.08. The van der Waals surface area contributed by atoms with Crippen LogP contribution in [0.3, 0.4) is 0 Å². The molecule has 4 nitrogen and oxygen atoms in total. The third-order valence-electron chi connectivity index (χ3n) is 4.61. The molecule has 0 fully saturated rings. The molecule has 2 N–H and O–H groups in total. The summed E-state index contributed by atoms with van der Waals surface area (Å²) in [6.45, 7) is 0.645. The van der Waals surface area contributed by atoms with Crippen LogP contribution in [0.15, 0.2) is 60.8 Å². The topological polar surface area (TPSA) is 57.4 Å². The molecule has 0 atom stereocenters. The predicted octanol–water partition coefficient (Wildman–Crippen LogP) is 6.06. The molecule has 0 spiro atoms. The van der Waals surface area contributed by atoms with Crippen molar-refractivity contribution in [2.45, 2.75) is 12.8 Å². The lowest BCUT2D eigenvalue weighted by molar-refractivity contribution is 0.206. The minimum atomic E-state index is -0.499. The second-order valence-electron chi connectivity index (χ2n) is 6.90. The molecule has 0 radical (unpaired) electrons. The SMILES string of the molecule is COCCC#CCc1cccc(-c2cc3nccc(Oc4ccc(N)cc4F)c3s2)c1. The number of hydrogen-bond donors (Lipinski definition) is 1. The molecule has 2 aromatic heterocycles. The molecule has 2 heterocycles. The van der Waals surface area contributed by atoms with E-state index in [1.807, 2.05) is 12.1 Å². The molecule has 31 heavy (non-hydrogen) atoms. The van der Waals surface area contributed by atoms with Gasteiger partial charge in [-0.3, -0.25) is 4.98 Å². The molecule has 0 aliphatic rings. The van der Waals surface area contributed by atoms with Gasteiger partial charge in [-0.15, -0.1) is 17.3 Å². The number of benzene rings is 2. The van der Waals surface area contributed by atoms with Crippen LogP contribution >= 0.6 is 11.3 Å². The first-order valence-corrected chi connectivity index (χ1v) is 10.6. The van der Waals surface area contributed by atoms with Crippen molar-refractivity contribution in [3.05, 3.63) is 72.2 Å². The highest BCUT2D eigenvalue weighted by molar-refractivity contribution is 7.22. The smallest absolute Gasteiger partial charge is 0.167 e. The molecule has 0 aliphatic carbocycles. The number of nitrogens with two attached hydrogens (primary N) is 1. The van der Waals surface area contributed by atoms with E-state index in [9.17, 15) is 4.39 Å². The number of anilines is 1. The van der Waals surface area contributed by atoms with Crippen LogP contribution < -0.4 is 10.5 Å². The largest absolute Gasteiger partial charge is 0.453 e. The maximum atomic E-state index is 14.2. The maximum absolute atomic E-state index is 14.2. The molecule has 0 amide bonds. The van der Waals surface area contributed by atoms with Crippen LogP contribution in [0.5, 0.6) is 11.5 Å². The average molecular weight is 433 g/mol. The van der Waals surface area contributed by atoms with Crippen molar-refractivity contribution in [2.75, 3.05) is 19.5 Å². The van der Waals surface area contributed by atoms with Gasteiger partial charge in [-0.05, 0) is 35.4 Å². The van der Waals surface area contributed by atoms with Gasteiger partial charge in [0.1, 0.15) is 5.75 Å². The van der Waals surface area contributed by atoms with E-state index in [2.05, 4.69) is 35.0 Å². The van der Waals surface area contributed by atoms with Crippen LogP contribution in [0.4, 0.5) is 10.1 Å². The number of hydrogen-bond acceptors (Lipinski definition) is 5. The molecule has 0 aliphatic heterocycles. The number of halogens is 1. The highest BCUT2D eigenvalue weighted by Gasteiger charge is 2.13. The fourth-order valence-corrected chi connectivity index (χ4v) is 4.16. The van der Waals surface area contributed by atoms with Crippen LogP contribution in [0.2, 0.25) is 0 Å². The Labute approximate surface area is 184 Å². The molecule has 2 aromatic carbocycles. The van der Waals surface area contributed by atoms with Gasteiger partial charge in [-0.2, -0.15) is 0 Å². The second-order valence-corrected chi connectivity index (χ2v) is 7.95. The molecule has 156 valence electrons. The zero-order valence-corrected chi connectivity index (χ0v) is 17.8. The van der Waals surface area contributed by atoms with Crippen molar-refractivity contribution in [1.29, 1.82) is 0 Å². The molecule has 0 bridgehead atoms. The monoisotopic (exact) mass is 432 g/mol. The summed E-state index contributed by atoms with van der Waals surface area (Å²) in [7, 11) is 1.67. The Balaban J connectivity index is 1.60. The van der Waals surface area contributed by atoms with Gasteiger partial charge in [0.05, 0.1) is 16.8 Å². The number of pyridine rings is 1. The van der Waals surface area contributed by atoms with Crippen LogP contribution in [0.1, 0.15) is 12.0 Å². The van der Waals surface area contributed by atoms with Gasteiger partial charge in [-0.1, -0.05) is 24.1 Å². The normalized spacial score (nSPS) is 10.6. The number of fused-ring (bicyclic) bond motifs is 1. The minimum absolute atomic E-state index is 0.130. The fraction of sp³-hybridized carbons (Fsp3) is 0.160. The van der Waals surface area contributed by atoms with E-state index in [0.29, 0.717) is 24.5 Å². The zero-order valence-electron chi connectivity index (χ0n) is 17.0. The van der Waals surface area contributed by atoms with Gasteiger partial charge < -0.3 is 15.2 Å². The van der Waals surface area contributed by atoms with Crippen molar-refractivity contribution in [3.8, 4) is 33.8 Å². The standard InChI is InChI=1S/C25H21FN2O2S/c1-29-13-4-2-3-6-17-7-5-8-18(14-17)24-16-21-25(31-24)23(11-12-28-21)30-22-10-9-19(27)15-20(22)26/h5,7-12,14-16H,4,6,13,27H2,1H3. The number of nitrogen functional groups attached to an aromatic ring is 1. The third-order valence-corrected chi connectivity index (χ3v) is 5.80. The van der Waals surface area contributed by atoms with Gasteiger partial charge in [0, 0.05) is 48.8 Å². The highest BCUT2D eigenvalue weighted by atomic mass is 32.1. The van der Waals surface area contributed by atoms with E-state index in [1.165, 1.54) is 12.1 Å². The second kappa shape index (κ2) is 9.61. The summed E-state index contributed by atoms with van der Waals surface area (Å²) in [5.41, 5.74) is 9.02. The van der Waals surface area contributed by atoms with E-state index < -0.39 is 5.82 Å². The molecule has 4 aromatic rings. The van der Waals surface area contributed by atoms with Crippen molar-refractivity contribution < 1.29 is 13.9 Å². The van der Waals surface area contributed by atoms with Crippen LogP contribution in [0.25, 0.3) is 20.7 Å². The Kier molecular flexibility index (Phi) is 6.46. The van der Waals surface area contributed by atoms with Crippen LogP contribution in [-0.2, 0) is 11.2 Å². The first-order valence-electron chi connectivity index (χ1n) is 9.79. The molecule has 4 rings (SSSR count). The lowest BCUT2D eigenvalue weighted by atomic mass is 10.1. The van der Waals surface area contributed by atoms with E-state index in [-0.39, 0.29) is 5.75 Å². The zero-order chi connectivity index (χ0) is 21.6. The summed E-state index contributed by atoms with van der Waals surface area (Å²) >= 11 is 1.56. The first-order chi connectivity index (χ1) is 15.1. The summed E-state index contributed by atoms with van der Waals surface area (Å²) in [5.74, 6) is 6.49. The average Bonchev–Trinajstić information content (AvgIpc) is 3.21. The van der Waals surface area contributed by atoms with Crippen molar-refractivity contribution in [1.82, 2.24) is 4.98 Å². The number of methoxy groups -OCH3 is 1. The Morgan fingerprint density at radius 3 is 2.81 bits per heavy atom. The molecular weight excluding hydrogens is 411 g/mol. The maximum Gasteiger partial charge on any atom is 0.167 e. The van der Waals surface area contributed by atoms with E-state index in [1.54, 1.807) is 36.8 Å². The van der Waals surface area contributed by atoms with Gasteiger partial charge in [0.25, 0.3) is 0 Å². The van der Waals surface area contributed by atoms with Gasteiger partial charge in [-0.25, -0.2) is 4.39 Å². The first kappa shape index (κ1) is 20.9. The van der Waals surface area contributed by atoms with E-state index >= 15 is 0 Å². The third kappa shape index (κ3) is 5.02. The lowest BCUT2D eigenvalue weighted by Gasteiger charge is -2.07. The summed E-state index contributed by atoms with van der Waals surface area (Å²) in [4.78, 5) is 5.51. The fourth-order valence-electron chi connectivity index (χ4n) is 3.10. The molecule has 0 saturated heterocycles. The Morgan fingerprint density at radius 2 is 1.97 bits per heavy atom. The predicted molar refractivity (Wildman–Crippen MR) is 124 cm³/mol. The Morgan fingerprint density at radius 1 is 1.06 bits per heavy atom. The quantitative estimate of drug-likeness (QED) is 0.229. The number of ether oxygens (including phenoxy) is 2. The van der Waals surface area contributed by atoms with Crippen LogP contribution in [-0.4, -0.2) is 18.7 Å². The number of nitrogens with zero attached hydrogens (tertiary/aromatic N) is 1. The van der Waals surface area contributed by atoms with Crippen molar-refractivity contribution in [2.24, 2.45) is 0 Å². The highest BCUT2D eigenvalue weighted by Crippen LogP contribution is 2.39. The van der Waals surface area contributed by atoms with Crippen molar-refractivity contribution >= 4 is 27.2 Å². The number of aromatic nitrogens is 1. The lowest BCUT2D eigenvalue weighted by Crippen LogP contribution is -1.91. The minimum Gasteiger partial charge on any atom is -0.453 e. The Bertz CT molecular complexity index is 1270. The van der Waals surface area contributed by atoms with Crippen LogP contribution in [0, 0.1) is 17.7 Å². The molecule has 0 unspecified atom stereocenters. The number of rotatable bonds is 6. The van der Waals surface area contributed by atoms with Crippen molar-refractivity contribution in [3.63, 3.8) is 0 Å². The van der Waals surface area contributed by atoms with Gasteiger partial charge >= 0.3 is 0 Å². The summed E-state index contributed by atoms with van der Waals surface area (Å²) in [6, 6.07) is 16.4. The number of thiophene rings is 1. The summed E-state index contributed by atoms with van der Waals surface area (Å²) < 4.78 is 25.9. The van der Waals surface area contributed by atoms with Gasteiger partial charge in [0.2, 0.25) is 0 Å². The Hall–Kier alpha value is -3.40. The molecule has 0 saturated carbocycles. The molecule has 6 heteroatoms. The van der Waals surface area contributed by atoms with Gasteiger partial charge in [0.15, 0.2) is 11.6 Å². The van der Waals surface area contributed by atoms with E-state index in [4.69, 9.17) is 15.2 Å². The summed E-state index contributed by atoms with van der Waals surface area (Å²) in [5, 5.41) is 0. The van der Waals surface area contributed by atoms with E-state index in [0.717, 1.165) is 32.6 Å². The molecular formula is C25H21FN2O2S.